The number of alkyl halides is 3. The van der Waals surface area contributed by atoms with Crippen LogP contribution in [0, 0.1) is 6.92 Å². The number of amides is 1. The van der Waals surface area contributed by atoms with E-state index in [0.29, 0.717) is 5.69 Å². The third kappa shape index (κ3) is 4.03. The second-order valence-electron chi connectivity index (χ2n) is 7.31. The summed E-state index contributed by atoms with van der Waals surface area (Å²) in [7, 11) is 0. The van der Waals surface area contributed by atoms with Crippen LogP contribution in [0.1, 0.15) is 40.1 Å². The summed E-state index contributed by atoms with van der Waals surface area (Å²) < 4.78 is 44.6. The van der Waals surface area contributed by atoms with Gasteiger partial charge in [0.15, 0.2) is 5.76 Å². The molecule has 0 saturated heterocycles. The molecule has 1 aromatic heterocycles. The lowest BCUT2D eigenvalue weighted by Gasteiger charge is -2.17. The first-order valence-electron chi connectivity index (χ1n) is 9.68. The van der Waals surface area contributed by atoms with Crippen LogP contribution in [0.4, 0.5) is 13.2 Å². The van der Waals surface area contributed by atoms with Gasteiger partial charge >= 0.3 is 6.18 Å². The van der Waals surface area contributed by atoms with Crippen molar-refractivity contribution in [1.82, 2.24) is 10.5 Å². The summed E-state index contributed by atoms with van der Waals surface area (Å²) >= 11 is 0. The molecule has 0 aliphatic rings. The van der Waals surface area contributed by atoms with Gasteiger partial charge in [0.05, 0.1) is 17.3 Å². The average Bonchev–Trinajstić information content (AvgIpc) is 3.14. The quantitative estimate of drug-likeness (QED) is 0.418. The number of aromatic nitrogens is 1. The van der Waals surface area contributed by atoms with E-state index in [1.54, 1.807) is 6.92 Å². The average molecular weight is 424 g/mol. The van der Waals surface area contributed by atoms with Crippen molar-refractivity contribution in [3.63, 3.8) is 0 Å². The highest BCUT2D eigenvalue weighted by Gasteiger charge is 2.31. The number of fused-ring (bicyclic) bond motifs is 1. The molecule has 4 aromatic rings. The van der Waals surface area contributed by atoms with E-state index in [4.69, 9.17) is 4.52 Å². The Bertz CT molecular complexity index is 1260. The van der Waals surface area contributed by atoms with Gasteiger partial charge in [0.25, 0.3) is 5.91 Å². The van der Waals surface area contributed by atoms with E-state index in [9.17, 15) is 18.0 Å². The molecule has 31 heavy (non-hydrogen) atoms. The SMILES string of the molecule is Cc1noc(-c2cccc(C(F)(F)F)c2)c1C(=O)N[C@@H](C)c1cccc2ccccc12. The zero-order valence-electron chi connectivity index (χ0n) is 16.8. The molecule has 0 aliphatic carbocycles. The number of nitrogens with zero attached hydrogens (tertiary/aromatic N) is 1. The lowest BCUT2D eigenvalue weighted by molar-refractivity contribution is -0.137. The summed E-state index contributed by atoms with van der Waals surface area (Å²) in [5.41, 5.74) is 0.663. The normalized spacial score (nSPS) is 12.7. The van der Waals surface area contributed by atoms with Crippen LogP contribution in [-0.4, -0.2) is 11.1 Å². The third-order valence-electron chi connectivity index (χ3n) is 5.18. The molecule has 4 nitrogen and oxygen atoms in total. The van der Waals surface area contributed by atoms with Crippen molar-refractivity contribution in [3.8, 4) is 11.3 Å². The van der Waals surface area contributed by atoms with E-state index in [1.165, 1.54) is 12.1 Å². The van der Waals surface area contributed by atoms with Gasteiger partial charge in [-0.05, 0) is 42.3 Å². The molecule has 0 bridgehead atoms. The Labute approximate surface area is 176 Å². The summed E-state index contributed by atoms with van der Waals surface area (Å²) in [5, 5.41) is 8.80. The van der Waals surface area contributed by atoms with Gasteiger partial charge < -0.3 is 9.84 Å². The van der Waals surface area contributed by atoms with Gasteiger partial charge in [-0.1, -0.05) is 59.8 Å². The molecule has 0 radical (unpaired) electrons. The van der Waals surface area contributed by atoms with Gasteiger partial charge in [0, 0.05) is 5.56 Å². The maximum atomic E-state index is 13.1. The number of halogens is 3. The standard InChI is InChI=1S/C24H19F3N2O2/c1-14(19-12-6-8-16-7-3-4-11-20(16)19)28-23(30)21-15(2)29-31-22(21)17-9-5-10-18(13-17)24(25,26)27/h3-14H,1-2H3,(H,28,30)/t14-/m0/s1. The molecule has 158 valence electrons. The van der Waals surface area contributed by atoms with Gasteiger partial charge in [-0.25, -0.2) is 0 Å². The molecule has 0 aliphatic heterocycles. The van der Waals surface area contributed by atoms with E-state index in [1.807, 2.05) is 49.4 Å². The van der Waals surface area contributed by atoms with Crippen LogP contribution in [0.5, 0.6) is 0 Å². The van der Waals surface area contributed by atoms with Gasteiger partial charge in [0.2, 0.25) is 0 Å². The number of hydrogen-bond acceptors (Lipinski definition) is 3. The predicted octanol–water partition coefficient (Wildman–Crippen LogP) is 6.31. The molecule has 4 rings (SSSR count). The maximum absolute atomic E-state index is 13.1. The zero-order valence-corrected chi connectivity index (χ0v) is 16.8. The molecule has 0 saturated carbocycles. The minimum absolute atomic E-state index is 0.00576. The smallest absolute Gasteiger partial charge is 0.355 e. The number of benzene rings is 3. The molecular weight excluding hydrogens is 405 g/mol. The molecule has 3 aromatic carbocycles. The summed E-state index contributed by atoms with van der Waals surface area (Å²) in [6.07, 6.45) is -4.50. The highest BCUT2D eigenvalue weighted by atomic mass is 19.4. The summed E-state index contributed by atoms with van der Waals surface area (Å²) in [6.45, 7) is 3.44. The van der Waals surface area contributed by atoms with Crippen LogP contribution in [0.2, 0.25) is 0 Å². The number of hydrogen-bond donors (Lipinski definition) is 1. The van der Waals surface area contributed by atoms with Crippen LogP contribution >= 0.6 is 0 Å². The lowest BCUT2D eigenvalue weighted by Crippen LogP contribution is -2.27. The fourth-order valence-electron chi connectivity index (χ4n) is 3.65. The third-order valence-corrected chi connectivity index (χ3v) is 5.18. The highest BCUT2D eigenvalue weighted by Crippen LogP contribution is 2.34. The number of rotatable bonds is 4. The van der Waals surface area contributed by atoms with Crippen molar-refractivity contribution >= 4 is 16.7 Å². The van der Waals surface area contributed by atoms with Gasteiger partial charge in [-0.15, -0.1) is 0 Å². The zero-order chi connectivity index (χ0) is 22.2. The predicted molar refractivity (Wildman–Crippen MR) is 112 cm³/mol. The van der Waals surface area contributed by atoms with E-state index < -0.39 is 17.6 Å². The van der Waals surface area contributed by atoms with E-state index in [-0.39, 0.29) is 22.9 Å². The summed E-state index contributed by atoms with van der Waals surface area (Å²) in [5.74, 6) is -0.460. The largest absolute Gasteiger partial charge is 0.416 e. The van der Waals surface area contributed by atoms with Crippen molar-refractivity contribution < 1.29 is 22.5 Å². The molecule has 1 atom stereocenters. The van der Waals surface area contributed by atoms with Crippen molar-refractivity contribution in [1.29, 1.82) is 0 Å². The maximum Gasteiger partial charge on any atom is 0.416 e. The Morgan fingerprint density at radius 1 is 1.03 bits per heavy atom. The second-order valence-corrected chi connectivity index (χ2v) is 7.31. The molecule has 1 heterocycles. The van der Waals surface area contributed by atoms with Crippen LogP contribution in [-0.2, 0) is 6.18 Å². The van der Waals surface area contributed by atoms with Crippen LogP contribution < -0.4 is 5.32 Å². The molecule has 0 fully saturated rings. The van der Waals surface area contributed by atoms with Crippen LogP contribution in [0.15, 0.2) is 71.3 Å². The monoisotopic (exact) mass is 424 g/mol. The number of carbonyl (C=O) groups excluding carboxylic acids is 1. The first-order chi connectivity index (χ1) is 14.8. The minimum atomic E-state index is -4.50. The fraction of sp³-hybridized carbons (Fsp3) is 0.167. The fourth-order valence-corrected chi connectivity index (χ4v) is 3.65. The van der Waals surface area contributed by atoms with Crippen molar-refractivity contribution in [3.05, 3.63) is 89.1 Å². The minimum Gasteiger partial charge on any atom is -0.355 e. The molecule has 1 amide bonds. The van der Waals surface area contributed by atoms with Crippen molar-refractivity contribution in [2.45, 2.75) is 26.1 Å². The van der Waals surface area contributed by atoms with Crippen molar-refractivity contribution in [2.75, 3.05) is 0 Å². The highest BCUT2D eigenvalue weighted by molar-refractivity contribution is 6.01. The molecule has 7 heteroatoms. The summed E-state index contributed by atoms with van der Waals surface area (Å²) in [6, 6.07) is 18.0. The number of nitrogens with one attached hydrogen (secondary N) is 1. The Morgan fingerprint density at radius 3 is 2.52 bits per heavy atom. The Morgan fingerprint density at radius 2 is 1.74 bits per heavy atom. The first-order valence-corrected chi connectivity index (χ1v) is 9.68. The van der Waals surface area contributed by atoms with E-state index >= 15 is 0 Å². The molecule has 0 spiro atoms. The number of aryl methyl sites for hydroxylation is 1. The molecule has 1 N–H and O–H groups in total. The van der Waals surface area contributed by atoms with Crippen LogP contribution in [0.3, 0.4) is 0 Å². The van der Waals surface area contributed by atoms with Gasteiger partial charge in [-0.3, -0.25) is 4.79 Å². The summed E-state index contributed by atoms with van der Waals surface area (Å²) in [4.78, 5) is 13.1. The Balaban J connectivity index is 1.67. The first kappa shape index (κ1) is 20.7. The van der Waals surface area contributed by atoms with E-state index in [2.05, 4.69) is 10.5 Å². The molecular formula is C24H19F3N2O2. The second kappa shape index (κ2) is 7.91. The van der Waals surface area contributed by atoms with Gasteiger partial charge in [-0.2, -0.15) is 13.2 Å². The topological polar surface area (TPSA) is 55.1 Å². The molecule has 0 unspecified atom stereocenters. The van der Waals surface area contributed by atoms with Gasteiger partial charge in [0.1, 0.15) is 5.56 Å². The van der Waals surface area contributed by atoms with E-state index in [0.717, 1.165) is 28.5 Å². The Hall–Kier alpha value is -3.61. The Kier molecular flexibility index (Phi) is 5.27. The van der Waals surface area contributed by atoms with Crippen LogP contribution in [0.25, 0.3) is 22.1 Å². The lowest BCUT2D eigenvalue weighted by atomic mass is 9.99. The number of carbonyl (C=O) groups is 1. The van der Waals surface area contributed by atoms with Crippen molar-refractivity contribution in [2.24, 2.45) is 0 Å².